The number of fused-ring (bicyclic) bond motifs is 1. The van der Waals surface area contributed by atoms with Crippen molar-refractivity contribution in [1.29, 1.82) is 0 Å². The first-order chi connectivity index (χ1) is 13.1. The van der Waals surface area contributed by atoms with Crippen LogP contribution in [0.3, 0.4) is 0 Å². The van der Waals surface area contributed by atoms with Crippen LogP contribution >= 0.6 is 0 Å². The van der Waals surface area contributed by atoms with Crippen molar-refractivity contribution in [2.24, 2.45) is 0 Å². The molecule has 5 nitrogen and oxygen atoms in total. The molecule has 1 fully saturated rings. The molecule has 2 amide bonds. The van der Waals surface area contributed by atoms with Gasteiger partial charge in [-0.25, -0.2) is 0 Å². The van der Waals surface area contributed by atoms with Crippen LogP contribution in [-0.4, -0.2) is 60.4 Å². The molecule has 0 radical (unpaired) electrons. The van der Waals surface area contributed by atoms with Gasteiger partial charge in [-0.3, -0.25) is 14.5 Å². The summed E-state index contributed by atoms with van der Waals surface area (Å²) in [6, 6.07) is 17.8. The zero-order valence-electron chi connectivity index (χ0n) is 15.7. The predicted molar refractivity (Wildman–Crippen MR) is 106 cm³/mol. The number of amides is 2. The van der Waals surface area contributed by atoms with Gasteiger partial charge in [-0.05, 0) is 37.1 Å². The lowest BCUT2D eigenvalue weighted by Crippen LogP contribution is -2.52. The molecule has 5 heteroatoms. The third kappa shape index (κ3) is 3.60. The Morgan fingerprint density at radius 1 is 0.926 bits per heavy atom. The number of rotatable bonds is 3. The third-order valence-electron chi connectivity index (χ3n) is 5.52. The average molecular weight is 363 g/mol. The minimum atomic E-state index is 0.0728. The van der Waals surface area contributed by atoms with Gasteiger partial charge in [0, 0.05) is 43.5 Å². The molecule has 140 valence electrons. The Hall–Kier alpha value is -2.66. The summed E-state index contributed by atoms with van der Waals surface area (Å²) in [6.45, 7) is 5.29. The van der Waals surface area contributed by atoms with E-state index < -0.39 is 0 Å². The standard InChI is InChI=1S/C22H25N3O2/c1-17-15-19-9-5-6-10-20(19)25(17)21(26)16-23-11-13-24(14-12-23)22(27)18-7-3-2-4-8-18/h2-10,17H,11-16H2,1H3. The van der Waals surface area contributed by atoms with Gasteiger partial charge in [0.25, 0.3) is 5.91 Å². The van der Waals surface area contributed by atoms with Crippen molar-refractivity contribution in [3.8, 4) is 0 Å². The SMILES string of the molecule is CC1Cc2ccccc2N1C(=O)CN1CCN(C(=O)c2ccccc2)CC1. The lowest BCUT2D eigenvalue weighted by Gasteiger charge is -2.35. The predicted octanol–water partition coefficient (Wildman–Crippen LogP) is 2.42. The van der Waals surface area contributed by atoms with Gasteiger partial charge in [0.1, 0.15) is 0 Å². The van der Waals surface area contributed by atoms with E-state index >= 15 is 0 Å². The number of carbonyl (C=O) groups excluding carboxylic acids is 2. The van der Waals surface area contributed by atoms with E-state index in [2.05, 4.69) is 17.9 Å². The number of hydrogen-bond donors (Lipinski definition) is 0. The van der Waals surface area contributed by atoms with Crippen molar-refractivity contribution in [3.63, 3.8) is 0 Å². The first kappa shape index (κ1) is 17.7. The average Bonchev–Trinajstić information content (AvgIpc) is 3.04. The molecular formula is C22H25N3O2. The van der Waals surface area contributed by atoms with Crippen LogP contribution in [0.4, 0.5) is 5.69 Å². The summed E-state index contributed by atoms with van der Waals surface area (Å²) < 4.78 is 0. The second kappa shape index (κ2) is 7.53. The van der Waals surface area contributed by atoms with Gasteiger partial charge >= 0.3 is 0 Å². The second-order valence-electron chi connectivity index (χ2n) is 7.38. The summed E-state index contributed by atoms with van der Waals surface area (Å²) in [5.74, 6) is 0.221. The molecule has 1 saturated heterocycles. The van der Waals surface area contributed by atoms with Gasteiger partial charge in [0.2, 0.25) is 5.91 Å². The zero-order valence-corrected chi connectivity index (χ0v) is 15.7. The summed E-state index contributed by atoms with van der Waals surface area (Å²) >= 11 is 0. The highest BCUT2D eigenvalue weighted by Gasteiger charge is 2.32. The van der Waals surface area contributed by atoms with E-state index in [0.29, 0.717) is 19.6 Å². The summed E-state index contributed by atoms with van der Waals surface area (Å²) in [6.07, 6.45) is 0.918. The van der Waals surface area contributed by atoms with E-state index in [0.717, 1.165) is 30.8 Å². The minimum absolute atomic E-state index is 0.0728. The fourth-order valence-corrected chi connectivity index (χ4v) is 4.09. The van der Waals surface area contributed by atoms with Crippen LogP contribution in [-0.2, 0) is 11.2 Å². The number of hydrogen-bond acceptors (Lipinski definition) is 3. The Morgan fingerprint density at radius 3 is 2.33 bits per heavy atom. The molecule has 0 spiro atoms. The molecule has 2 aliphatic heterocycles. The zero-order chi connectivity index (χ0) is 18.8. The molecule has 0 saturated carbocycles. The van der Waals surface area contributed by atoms with Crippen molar-refractivity contribution in [2.75, 3.05) is 37.6 Å². The van der Waals surface area contributed by atoms with Gasteiger partial charge in [0.15, 0.2) is 0 Å². The molecule has 0 aromatic heterocycles. The number of anilines is 1. The first-order valence-electron chi connectivity index (χ1n) is 9.60. The lowest BCUT2D eigenvalue weighted by atomic mass is 10.1. The number of benzene rings is 2. The van der Waals surface area contributed by atoms with Crippen molar-refractivity contribution in [3.05, 3.63) is 65.7 Å². The van der Waals surface area contributed by atoms with Crippen molar-refractivity contribution in [1.82, 2.24) is 9.80 Å². The molecule has 27 heavy (non-hydrogen) atoms. The van der Waals surface area contributed by atoms with Gasteiger partial charge in [-0.15, -0.1) is 0 Å². The highest BCUT2D eigenvalue weighted by molar-refractivity contribution is 5.97. The molecule has 0 bridgehead atoms. The second-order valence-corrected chi connectivity index (χ2v) is 7.38. The van der Waals surface area contributed by atoms with Crippen LogP contribution in [0.15, 0.2) is 54.6 Å². The molecular weight excluding hydrogens is 338 g/mol. The summed E-state index contributed by atoms with van der Waals surface area (Å²) in [7, 11) is 0. The van der Waals surface area contributed by atoms with E-state index in [-0.39, 0.29) is 17.9 Å². The molecule has 2 heterocycles. The monoisotopic (exact) mass is 363 g/mol. The Morgan fingerprint density at radius 2 is 1.59 bits per heavy atom. The van der Waals surface area contributed by atoms with E-state index in [1.54, 1.807) is 0 Å². The lowest BCUT2D eigenvalue weighted by molar-refractivity contribution is -0.120. The largest absolute Gasteiger partial charge is 0.336 e. The smallest absolute Gasteiger partial charge is 0.253 e. The van der Waals surface area contributed by atoms with Crippen molar-refractivity contribution < 1.29 is 9.59 Å². The topological polar surface area (TPSA) is 43.9 Å². The van der Waals surface area contributed by atoms with Crippen LogP contribution in [0.5, 0.6) is 0 Å². The van der Waals surface area contributed by atoms with Crippen LogP contribution in [0.1, 0.15) is 22.8 Å². The Bertz CT molecular complexity index is 828. The van der Waals surface area contributed by atoms with E-state index in [1.807, 2.05) is 58.3 Å². The highest BCUT2D eigenvalue weighted by Crippen LogP contribution is 2.31. The molecule has 4 rings (SSSR count). The molecule has 0 N–H and O–H groups in total. The van der Waals surface area contributed by atoms with Crippen molar-refractivity contribution >= 4 is 17.5 Å². The van der Waals surface area contributed by atoms with Crippen LogP contribution in [0, 0.1) is 0 Å². The van der Waals surface area contributed by atoms with E-state index in [9.17, 15) is 9.59 Å². The van der Waals surface area contributed by atoms with Gasteiger partial charge in [-0.1, -0.05) is 36.4 Å². The Balaban J connectivity index is 1.34. The quantitative estimate of drug-likeness (QED) is 0.841. The summed E-state index contributed by atoms with van der Waals surface area (Å²) in [5.41, 5.74) is 3.02. The molecule has 2 aromatic rings. The Labute approximate surface area is 160 Å². The normalized spacial score (nSPS) is 19.8. The van der Waals surface area contributed by atoms with Crippen LogP contribution < -0.4 is 4.90 Å². The minimum Gasteiger partial charge on any atom is -0.336 e. The number of piperazine rings is 1. The maximum Gasteiger partial charge on any atom is 0.253 e. The molecule has 1 atom stereocenters. The number of carbonyl (C=O) groups is 2. The maximum absolute atomic E-state index is 12.9. The van der Waals surface area contributed by atoms with Gasteiger partial charge in [-0.2, -0.15) is 0 Å². The van der Waals surface area contributed by atoms with Gasteiger partial charge < -0.3 is 9.80 Å². The maximum atomic E-state index is 12.9. The highest BCUT2D eigenvalue weighted by atomic mass is 16.2. The summed E-state index contributed by atoms with van der Waals surface area (Å²) in [4.78, 5) is 31.5. The number of para-hydroxylation sites is 1. The summed E-state index contributed by atoms with van der Waals surface area (Å²) in [5, 5.41) is 0. The molecule has 0 aliphatic carbocycles. The Kier molecular flexibility index (Phi) is 4.94. The van der Waals surface area contributed by atoms with Crippen molar-refractivity contribution in [2.45, 2.75) is 19.4 Å². The molecule has 2 aromatic carbocycles. The molecule has 2 aliphatic rings. The fraction of sp³-hybridized carbons (Fsp3) is 0.364. The third-order valence-corrected chi connectivity index (χ3v) is 5.52. The van der Waals surface area contributed by atoms with E-state index in [4.69, 9.17) is 0 Å². The van der Waals surface area contributed by atoms with Crippen LogP contribution in [0.25, 0.3) is 0 Å². The molecule has 1 unspecified atom stereocenters. The van der Waals surface area contributed by atoms with Crippen LogP contribution in [0.2, 0.25) is 0 Å². The van der Waals surface area contributed by atoms with E-state index in [1.165, 1.54) is 5.56 Å². The van der Waals surface area contributed by atoms with Gasteiger partial charge in [0.05, 0.1) is 6.54 Å². The first-order valence-corrected chi connectivity index (χ1v) is 9.60. The number of nitrogens with zero attached hydrogens (tertiary/aromatic N) is 3. The fourth-order valence-electron chi connectivity index (χ4n) is 4.09.